The second-order valence-electron chi connectivity index (χ2n) is 3.76. The molecule has 3 heteroatoms. The molecule has 1 aliphatic rings. The van der Waals surface area contributed by atoms with Crippen LogP contribution in [0.3, 0.4) is 0 Å². The summed E-state index contributed by atoms with van der Waals surface area (Å²) >= 11 is 1.76. The topological polar surface area (TPSA) is 26.3 Å². The number of esters is 1. The van der Waals surface area contributed by atoms with Gasteiger partial charge in [0, 0.05) is 11.8 Å². The summed E-state index contributed by atoms with van der Waals surface area (Å²) in [5, 5.41) is 0.275. The SMILES string of the molecule is CC(=O)OCC1=CC=CC1Sc1ccccc1. The van der Waals surface area contributed by atoms with E-state index in [4.69, 9.17) is 4.74 Å². The lowest BCUT2D eigenvalue weighted by Crippen LogP contribution is -2.09. The van der Waals surface area contributed by atoms with Gasteiger partial charge in [-0.2, -0.15) is 0 Å². The second-order valence-corrected chi connectivity index (χ2v) is 4.97. The van der Waals surface area contributed by atoms with Crippen molar-refractivity contribution < 1.29 is 9.53 Å². The number of hydrogen-bond donors (Lipinski definition) is 0. The van der Waals surface area contributed by atoms with Crippen LogP contribution in [0.1, 0.15) is 6.92 Å². The highest BCUT2D eigenvalue weighted by atomic mass is 32.2. The van der Waals surface area contributed by atoms with Crippen LogP contribution in [0.4, 0.5) is 0 Å². The number of allylic oxidation sites excluding steroid dienone is 2. The monoisotopic (exact) mass is 246 g/mol. The van der Waals surface area contributed by atoms with Gasteiger partial charge in [-0.1, -0.05) is 36.4 Å². The summed E-state index contributed by atoms with van der Waals surface area (Å²) in [5.41, 5.74) is 1.13. The molecule has 0 fully saturated rings. The van der Waals surface area contributed by atoms with Crippen molar-refractivity contribution >= 4 is 17.7 Å². The molecule has 2 rings (SSSR count). The van der Waals surface area contributed by atoms with Crippen LogP contribution in [0, 0.1) is 0 Å². The highest BCUT2D eigenvalue weighted by molar-refractivity contribution is 8.00. The molecule has 2 nitrogen and oxygen atoms in total. The standard InChI is InChI=1S/C14H14O2S/c1-11(15)16-10-12-6-5-9-14(12)17-13-7-3-2-4-8-13/h2-9,14H,10H2,1H3. The van der Waals surface area contributed by atoms with E-state index in [9.17, 15) is 4.79 Å². The van der Waals surface area contributed by atoms with E-state index < -0.39 is 0 Å². The van der Waals surface area contributed by atoms with Crippen LogP contribution in [0.2, 0.25) is 0 Å². The molecule has 0 radical (unpaired) electrons. The minimum absolute atomic E-state index is 0.235. The van der Waals surface area contributed by atoms with Crippen LogP contribution in [0.25, 0.3) is 0 Å². The van der Waals surface area contributed by atoms with Crippen LogP contribution in [0.15, 0.2) is 59.0 Å². The molecular weight excluding hydrogens is 232 g/mol. The molecule has 0 spiro atoms. The highest BCUT2D eigenvalue weighted by Gasteiger charge is 2.16. The van der Waals surface area contributed by atoms with Crippen molar-refractivity contribution in [1.29, 1.82) is 0 Å². The third kappa shape index (κ3) is 3.49. The minimum atomic E-state index is -0.235. The van der Waals surface area contributed by atoms with Crippen molar-refractivity contribution in [3.8, 4) is 0 Å². The third-order valence-electron chi connectivity index (χ3n) is 2.41. The molecule has 0 N–H and O–H groups in total. The van der Waals surface area contributed by atoms with Gasteiger partial charge < -0.3 is 4.74 Å². The fraction of sp³-hybridized carbons (Fsp3) is 0.214. The van der Waals surface area contributed by atoms with E-state index in [-0.39, 0.29) is 11.2 Å². The first-order chi connectivity index (χ1) is 8.25. The first kappa shape index (κ1) is 12.0. The molecule has 1 unspecified atom stereocenters. The largest absolute Gasteiger partial charge is 0.461 e. The van der Waals surface area contributed by atoms with Crippen LogP contribution < -0.4 is 0 Å². The van der Waals surface area contributed by atoms with Gasteiger partial charge in [0.05, 0.1) is 5.25 Å². The lowest BCUT2D eigenvalue weighted by Gasteiger charge is -2.13. The summed E-state index contributed by atoms with van der Waals surface area (Å²) < 4.78 is 5.03. The molecule has 0 saturated heterocycles. The first-order valence-electron chi connectivity index (χ1n) is 5.48. The molecule has 1 atom stereocenters. The van der Waals surface area contributed by atoms with Gasteiger partial charge in [-0.3, -0.25) is 4.79 Å². The number of benzene rings is 1. The fourth-order valence-corrected chi connectivity index (χ4v) is 2.65. The van der Waals surface area contributed by atoms with Crippen LogP contribution in [-0.4, -0.2) is 17.8 Å². The van der Waals surface area contributed by atoms with Crippen molar-refractivity contribution in [2.45, 2.75) is 17.1 Å². The molecule has 0 heterocycles. The molecule has 0 saturated carbocycles. The van der Waals surface area contributed by atoms with Crippen LogP contribution >= 0.6 is 11.8 Å². The maximum absolute atomic E-state index is 10.8. The van der Waals surface area contributed by atoms with Gasteiger partial charge in [0.25, 0.3) is 0 Å². The fourth-order valence-electron chi connectivity index (χ4n) is 1.57. The van der Waals surface area contributed by atoms with E-state index >= 15 is 0 Å². The molecule has 0 bridgehead atoms. The van der Waals surface area contributed by atoms with Gasteiger partial charge in [0.2, 0.25) is 0 Å². The summed E-state index contributed by atoms with van der Waals surface area (Å²) in [4.78, 5) is 12.0. The highest BCUT2D eigenvalue weighted by Crippen LogP contribution is 2.31. The van der Waals surface area contributed by atoms with Crippen molar-refractivity contribution in [3.05, 3.63) is 54.1 Å². The molecule has 0 amide bonds. The number of carbonyl (C=O) groups excluding carboxylic acids is 1. The average Bonchev–Trinajstić information content (AvgIpc) is 2.75. The van der Waals surface area contributed by atoms with Gasteiger partial charge in [-0.05, 0) is 17.7 Å². The predicted octanol–water partition coefficient (Wildman–Crippen LogP) is 3.21. The molecule has 0 aliphatic heterocycles. The van der Waals surface area contributed by atoms with Gasteiger partial charge in [-0.15, -0.1) is 11.8 Å². The van der Waals surface area contributed by atoms with E-state index in [0.29, 0.717) is 6.61 Å². The van der Waals surface area contributed by atoms with Crippen molar-refractivity contribution in [3.63, 3.8) is 0 Å². The van der Waals surface area contributed by atoms with Gasteiger partial charge in [-0.25, -0.2) is 0 Å². The van der Waals surface area contributed by atoms with Crippen molar-refractivity contribution in [2.75, 3.05) is 6.61 Å². The van der Waals surface area contributed by atoms with E-state index in [0.717, 1.165) is 5.57 Å². The van der Waals surface area contributed by atoms with Gasteiger partial charge in [0.1, 0.15) is 6.61 Å². The van der Waals surface area contributed by atoms with Crippen LogP contribution in [-0.2, 0) is 9.53 Å². The predicted molar refractivity (Wildman–Crippen MR) is 69.9 cm³/mol. The second kappa shape index (κ2) is 5.73. The summed E-state index contributed by atoms with van der Waals surface area (Å²) in [5.74, 6) is -0.235. The summed E-state index contributed by atoms with van der Waals surface area (Å²) in [6, 6.07) is 10.2. The zero-order valence-electron chi connectivity index (χ0n) is 9.63. The Kier molecular flexibility index (Phi) is 4.04. The Morgan fingerprint density at radius 2 is 2.12 bits per heavy atom. The maximum atomic E-state index is 10.8. The Labute approximate surface area is 105 Å². The molecular formula is C14H14O2S. The third-order valence-corrected chi connectivity index (χ3v) is 3.67. The van der Waals surface area contributed by atoms with Crippen molar-refractivity contribution in [2.24, 2.45) is 0 Å². The molecule has 17 heavy (non-hydrogen) atoms. The molecule has 88 valence electrons. The number of thioether (sulfide) groups is 1. The molecule has 1 aliphatic carbocycles. The quantitative estimate of drug-likeness (QED) is 0.763. The Balaban J connectivity index is 1.95. The van der Waals surface area contributed by atoms with E-state index in [1.807, 2.05) is 30.4 Å². The minimum Gasteiger partial charge on any atom is -0.461 e. The normalized spacial score (nSPS) is 17.9. The summed E-state index contributed by atoms with van der Waals surface area (Å²) in [6.07, 6.45) is 6.15. The lowest BCUT2D eigenvalue weighted by atomic mass is 10.2. The molecule has 1 aromatic rings. The van der Waals surface area contributed by atoms with Gasteiger partial charge >= 0.3 is 5.97 Å². The molecule has 0 aromatic heterocycles. The van der Waals surface area contributed by atoms with Crippen molar-refractivity contribution in [1.82, 2.24) is 0 Å². The Hall–Kier alpha value is -1.48. The number of ether oxygens (including phenoxy) is 1. The lowest BCUT2D eigenvalue weighted by molar-refractivity contribution is -0.139. The number of carbonyl (C=O) groups is 1. The Morgan fingerprint density at radius 3 is 2.82 bits per heavy atom. The first-order valence-corrected chi connectivity index (χ1v) is 6.36. The Morgan fingerprint density at radius 1 is 1.35 bits per heavy atom. The zero-order valence-corrected chi connectivity index (χ0v) is 10.4. The average molecular weight is 246 g/mol. The summed E-state index contributed by atoms with van der Waals surface area (Å²) in [7, 11) is 0. The Bertz CT molecular complexity index is 449. The summed E-state index contributed by atoms with van der Waals surface area (Å²) in [6.45, 7) is 1.81. The number of hydrogen-bond acceptors (Lipinski definition) is 3. The molecule has 1 aromatic carbocycles. The van der Waals surface area contributed by atoms with E-state index in [2.05, 4.69) is 18.2 Å². The van der Waals surface area contributed by atoms with E-state index in [1.54, 1.807) is 11.8 Å². The van der Waals surface area contributed by atoms with Crippen LogP contribution in [0.5, 0.6) is 0 Å². The smallest absolute Gasteiger partial charge is 0.302 e. The maximum Gasteiger partial charge on any atom is 0.302 e. The van der Waals surface area contributed by atoms with Gasteiger partial charge in [0.15, 0.2) is 0 Å². The zero-order chi connectivity index (χ0) is 12.1. The van der Waals surface area contributed by atoms with E-state index in [1.165, 1.54) is 11.8 Å². The number of rotatable bonds is 4.